The van der Waals surface area contributed by atoms with Crippen molar-refractivity contribution in [1.29, 1.82) is 0 Å². The molecule has 1 aromatic heterocycles. The molecule has 0 amide bonds. The number of carboxylic acids is 1. The molecule has 2 heterocycles. The summed E-state index contributed by atoms with van der Waals surface area (Å²) in [6.07, 6.45) is 2.84. The highest BCUT2D eigenvalue weighted by Gasteiger charge is 2.42. The lowest BCUT2D eigenvalue weighted by Crippen LogP contribution is -2.34. The lowest BCUT2D eigenvalue weighted by atomic mass is 10.0. The van der Waals surface area contributed by atoms with Gasteiger partial charge in [-0.1, -0.05) is 11.8 Å². The van der Waals surface area contributed by atoms with Gasteiger partial charge in [0.15, 0.2) is 17.0 Å². The van der Waals surface area contributed by atoms with Gasteiger partial charge in [0.05, 0.1) is 16.6 Å². The van der Waals surface area contributed by atoms with Crippen molar-refractivity contribution >= 4 is 41.0 Å². The summed E-state index contributed by atoms with van der Waals surface area (Å²) in [6.45, 7) is 3.64. The fourth-order valence-electron chi connectivity index (χ4n) is 1.62. The fourth-order valence-corrected chi connectivity index (χ4v) is 2.70. The van der Waals surface area contributed by atoms with E-state index >= 15 is 0 Å². The standard InChI is InChI=1S/C11H13N3O3S.ClH/c1-11(2)8(9(16)17)14-10(18-11)13-6-3-4-12-5-7(6)15;/h3-5,8,15H,1-2H3,(H,16,17)(H,12,13,14);1H/t8-;/m1./s1. The summed E-state index contributed by atoms with van der Waals surface area (Å²) in [5.74, 6) is -0.958. The summed E-state index contributed by atoms with van der Waals surface area (Å²) >= 11 is 1.33. The van der Waals surface area contributed by atoms with Crippen LogP contribution in [0.1, 0.15) is 13.8 Å². The number of hydrogen-bond acceptors (Lipinski definition) is 6. The quantitative estimate of drug-likeness (QED) is 0.773. The number of carbonyl (C=O) groups is 1. The van der Waals surface area contributed by atoms with Crippen LogP contribution in [0, 0.1) is 0 Å². The van der Waals surface area contributed by atoms with Gasteiger partial charge in [0.1, 0.15) is 0 Å². The van der Waals surface area contributed by atoms with Gasteiger partial charge >= 0.3 is 5.97 Å². The summed E-state index contributed by atoms with van der Waals surface area (Å²) in [7, 11) is 0. The minimum Gasteiger partial charge on any atom is -0.504 e. The smallest absolute Gasteiger partial charge is 0.329 e. The highest BCUT2D eigenvalue weighted by Crippen LogP contribution is 2.38. The number of nitrogens with zero attached hydrogens (tertiary/aromatic N) is 2. The van der Waals surface area contributed by atoms with E-state index in [0.29, 0.717) is 10.9 Å². The molecule has 0 spiro atoms. The zero-order chi connectivity index (χ0) is 13.3. The lowest BCUT2D eigenvalue weighted by molar-refractivity contribution is -0.138. The summed E-state index contributed by atoms with van der Waals surface area (Å²) < 4.78 is -0.517. The van der Waals surface area contributed by atoms with Crippen molar-refractivity contribution in [2.45, 2.75) is 24.6 Å². The van der Waals surface area contributed by atoms with Gasteiger partial charge in [-0.05, 0) is 19.9 Å². The van der Waals surface area contributed by atoms with E-state index in [1.54, 1.807) is 6.07 Å². The van der Waals surface area contributed by atoms with Crippen molar-refractivity contribution in [3.63, 3.8) is 0 Å². The van der Waals surface area contributed by atoms with E-state index in [1.807, 2.05) is 13.8 Å². The van der Waals surface area contributed by atoms with Crippen LogP contribution in [0.15, 0.2) is 23.5 Å². The van der Waals surface area contributed by atoms with Gasteiger partial charge in [-0.3, -0.25) is 4.98 Å². The number of halogens is 1. The summed E-state index contributed by atoms with van der Waals surface area (Å²) in [4.78, 5) is 18.9. The number of nitrogens with one attached hydrogen (secondary N) is 1. The van der Waals surface area contributed by atoms with Crippen LogP contribution < -0.4 is 5.32 Å². The van der Waals surface area contributed by atoms with Crippen molar-refractivity contribution in [2.24, 2.45) is 4.99 Å². The molecule has 0 unspecified atom stereocenters. The molecule has 0 radical (unpaired) electrons. The molecule has 1 aliphatic rings. The number of aromatic nitrogens is 1. The molecule has 1 aliphatic heterocycles. The van der Waals surface area contributed by atoms with Crippen LogP contribution in [-0.2, 0) is 4.79 Å². The number of anilines is 1. The maximum absolute atomic E-state index is 11.1. The largest absolute Gasteiger partial charge is 0.504 e. The number of aliphatic imine (C=N–C) groups is 1. The van der Waals surface area contributed by atoms with Crippen molar-refractivity contribution in [3.8, 4) is 5.75 Å². The van der Waals surface area contributed by atoms with Crippen LogP contribution in [0.3, 0.4) is 0 Å². The summed E-state index contributed by atoms with van der Waals surface area (Å²) in [5, 5.41) is 22.0. The molecule has 0 aromatic carbocycles. The first-order valence-electron chi connectivity index (χ1n) is 5.30. The van der Waals surface area contributed by atoms with Crippen LogP contribution in [-0.4, -0.2) is 37.1 Å². The number of carboxylic acid groups (broad SMARTS) is 1. The van der Waals surface area contributed by atoms with Crippen molar-refractivity contribution < 1.29 is 15.0 Å². The first kappa shape index (κ1) is 15.6. The first-order valence-corrected chi connectivity index (χ1v) is 6.11. The van der Waals surface area contributed by atoms with Crippen molar-refractivity contribution in [1.82, 2.24) is 4.98 Å². The van der Waals surface area contributed by atoms with Crippen LogP contribution in [0.4, 0.5) is 5.69 Å². The molecule has 104 valence electrons. The zero-order valence-electron chi connectivity index (χ0n) is 10.3. The van der Waals surface area contributed by atoms with E-state index in [1.165, 1.54) is 24.2 Å². The predicted octanol–water partition coefficient (Wildman–Crippen LogP) is 1.96. The third-order valence-corrected chi connectivity index (χ3v) is 3.69. The Bertz CT molecular complexity index is 522. The third-order valence-electron chi connectivity index (χ3n) is 2.54. The van der Waals surface area contributed by atoms with Crippen molar-refractivity contribution in [3.05, 3.63) is 18.5 Å². The van der Waals surface area contributed by atoms with Crippen LogP contribution in [0.5, 0.6) is 5.75 Å². The van der Waals surface area contributed by atoms with Crippen LogP contribution >= 0.6 is 24.2 Å². The Labute approximate surface area is 120 Å². The Kier molecular flexibility index (Phi) is 4.65. The van der Waals surface area contributed by atoms with Gasteiger partial charge < -0.3 is 15.5 Å². The Morgan fingerprint density at radius 3 is 2.74 bits per heavy atom. The Balaban J connectivity index is 0.00000180. The number of pyridine rings is 1. The van der Waals surface area contributed by atoms with E-state index < -0.39 is 16.8 Å². The second-order valence-corrected chi connectivity index (χ2v) is 6.04. The highest BCUT2D eigenvalue weighted by molar-refractivity contribution is 8.15. The van der Waals surface area contributed by atoms with Gasteiger partial charge in [-0.25, -0.2) is 9.79 Å². The molecule has 19 heavy (non-hydrogen) atoms. The second-order valence-electron chi connectivity index (χ2n) is 4.40. The van der Waals surface area contributed by atoms with E-state index in [0.717, 1.165) is 0 Å². The average molecular weight is 304 g/mol. The summed E-state index contributed by atoms with van der Waals surface area (Å²) in [6, 6.07) is 0.799. The van der Waals surface area contributed by atoms with Crippen LogP contribution in [0.25, 0.3) is 0 Å². The number of hydrogen-bond donors (Lipinski definition) is 3. The Morgan fingerprint density at radius 2 is 2.21 bits per heavy atom. The molecule has 8 heteroatoms. The fraction of sp³-hybridized carbons (Fsp3) is 0.364. The lowest BCUT2D eigenvalue weighted by Gasteiger charge is -2.20. The maximum atomic E-state index is 11.1. The Morgan fingerprint density at radius 1 is 1.53 bits per heavy atom. The normalized spacial score (nSPS) is 20.3. The molecule has 3 N–H and O–H groups in total. The predicted molar refractivity (Wildman–Crippen MR) is 77.3 cm³/mol. The van der Waals surface area contributed by atoms with Crippen LogP contribution in [0.2, 0.25) is 0 Å². The topological polar surface area (TPSA) is 94.8 Å². The number of thioether (sulfide) groups is 1. The molecule has 1 aromatic rings. The number of rotatable bonds is 2. The number of aromatic hydroxyl groups is 1. The maximum Gasteiger partial charge on any atom is 0.329 e. The Hall–Kier alpha value is -1.47. The molecule has 0 aliphatic carbocycles. The molecule has 0 fully saturated rings. The molecule has 0 saturated carbocycles. The van der Waals surface area contributed by atoms with Gasteiger partial charge in [0, 0.05) is 6.20 Å². The van der Waals surface area contributed by atoms with Gasteiger partial charge in [0.2, 0.25) is 0 Å². The minimum absolute atomic E-state index is 0. The SMILES string of the molecule is CC1(C)SC(Nc2ccncc2O)=N[C@@H]1C(=O)O.Cl. The number of aliphatic carboxylic acids is 1. The van der Waals surface area contributed by atoms with E-state index in [9.17, 15) is 9.90 Å². The summed E-state index contributed by atoms with van der Waals surface area (Å²) in [5.41, 5.74) is 0.457. The van der Waals surface area contributed by atoms with Gasteiger partial charge in [-0.15, -0.1) is 12.4 Å². The average Bonchev–Trinajstić information content (AvgIpc) is 2.57. The molecule has 6 nitrogen and oxygen atoms in total. The third kappa shape index (κ3) is 3.30. The van der Waals surface area contributed by atoms with Gasteiger partial charge in [0.25, 0.3) is 0 Å². The second kappa shape index (κ2) is 5.66. The zero-order valence-corrected chi connectivity index (χ0v) is 12.0. The molecule has 0 bridgehead atoms. The number of amidine groups is 1. The molecular weight excluding hydrogens is 290 g/mol. The minimum atomic E-state index is -0.955. The van der Waals surface area contributed by atoms with E-state index in [-0.39, 0.29) is 18.2 Å². The van der Waals surface area contributed by atoms with E-state index in [2.05, 4.69) is 15.3 Å². The molecule has 2 rings (SSSR count). The molecule has 1 atom stereocenters. The first-order chi connectivity index (χ1) is 8.40. The highest BCUT2D eigenvalue weighted by atomic mass is 35.5. The molecular formula is C11H14ClN3O3S. The molecule has 0 saturated heterocycles. The van der Waals surface area contributed by atoms with Gasteiger partial charge in [-0.2, -0.15) is 0 Å². The van der Waals surface area contributed by atoms with Crippen molar-refractivity contribution in [2.75, 3.05) is 5.32 Å². The van der Waals surface area contributed by atoms with E-state index in [4.69, 9.17) is 5.11 Å². The monoisotopic (exact) mass is 303 g/mol.